The average molecular weight is 697 g/mol. The molecule has 0 spiro atoms. The molecule has 0 aromatic carbocycles. The van der Waals surface area contributed by atoms with E-state index in [2.05, 4.69) is 26.5 Å². The number of fused-ring (bicyclic) bond motifs is 4. The van der Waals surface area contributed by atoms with Gasteiger partial charge in [-0.1, -0.05) is 101 Å². The molecule has 0 radical (unpaired) electrons. The van der Waals surface area contributed by atoms with Crippen molar-refractivity contribution in [2.24, 2.45) is 17.3 Å². The van der Waals surface area contributed by atoms with Gasteiger partial charge >= 0.3 is 11.9 Å². The Hall–Kier alpha value is -3.08. The first-order valence-corrected chi connectivity index (χ1v) is 18.1. The fourth-order valence-electron chi connectivity index (χ4n) is 6.27. The molecule has 2 saturated heterocycles. The van der Waals surface area contributed by atoms with E-state index in [1.54, 1.807) is 18.2 Å². The van der Waals surface area contributed by atoms with Gasteiger partial charge < -0.3 is 34.3 Å². The number of allylic oxidation sites excluding steroid dienone is 6. The lowest BCUT2D eigenvalue weighted by Gasteiger charge is -2.47. The van der Waals surface area contributed by atoms with Crippen molar-refractivity contribution in [1.82, 2.24) is 0 Å². The van der Waals surface area contributed by atoms with Crippen molar-refractivity contribution in [3.63, 3.8) is 0 Å². The molecule has 0 amide bonds. The molecular weight excluding hydrogens is 636 g/mol. The predicted octanol–water partition coefficient (Wildman–Crippen LogP) is 6.41. The molecule has 3 aliphatic rings. The van der Waals surface area contributed by atoms with Crippen LogP contribution in [0.1, 0.15) is 86.0 Å². The van der Waals surface area contributed by atoms with Crippen LogP contribution in [0.3, 0.4) is 0 Å². The number of hydrogen-bond donors (Lipinski definition) is 3. The minimum atomic E-state index is -1.31. The van der Waals surface area contributed by atoms with E-state index in [0.717, 1.165) is 24.0 Å². The molecule has 0 aromatic rings. The van der Waals surface area contributed by atoms with Crippen LogP contribution in [0.5, 0.6) is 0 Å². The fourth-order valence-corrected chi connectivity index (χ4v) is 6.27. The minimum absolute atomic E-state index is 0.0218. The number of rotatable bonds is 11. The number of carbonyl (C=O) groups excluding carboxylic acids is 2. The third-order valence-electron chi connectivity index (χ3n) is 9.79. The number of ether oxygens (including phenoxy) is 4. The summed E-state index contributed by atoms with van der Waals surface area (Å²) < 4.78 is 23.9. The number of carbonyl (C=O) groups is 2. The molecule has 2 fully saturated rings. The van der Waals surface area contributed by atoms with Crippen LogP contribution in [0.2, 0.25) is 0 Å². The zero-order valence-electron chi connectivity index (χ0n) is 30.6. The lowest BCUT2D eigenvalue weighted by Crippen LogP contribution is -2.55. The lowest BCUT2D eigenvalue weighted by atomic mass is 9.73. The maximum atomic E-state index is 13.0. The van der Waals surface area contributed by atoms with Crippen molar-refractivity contribution in [2.45, 2.75) is 129 Å². The Bertz CT molecular complexity index is 1290. The van der Waals surface area contributed by atoms with Crippen molar-refractivity contribution in [3.8, 4) is 0 Å². The third kappa shape index (κ3) is 13.2. The van der Waals surface area contributed by atoms with E-state index < -0.39 is 41.8 Å². The SMILES string of the molecule is C=C(CCC(C)C)COC(=O)[C@H](O)C/C=C/C[C@@H]1O[C@@H]2C=CC/C=C/C(C)=C\[C@H]3O[C@@H](C/C=C/C=C/C(=O)O[C@H](C2)[C@@]1(C)CO)C[C@H](O)[C@H]3C. The molecule has 3 aliphatic heterocycles. The average Bonchev–Trinajstić information content (AvgIpc) is 3.07. The molecule has 0 saturated carbocycles. The normalized spacial score (nSPS) is 34.6. The van der Waals surface area contributed by atoms with Crippen LogP contribution < -0.4 is 0 Å². The number of esters is 2. The van der Waals surface area contributed by atoms with Gasteiger partial charge in [-0.05, 0) is 50.5 Å². The fraction of sp³-hybridized carbons (Fsp3) is 0.610. The second kappa shape index (κ2) is 20.7. The van der Waals surface area contributed by atoms with E-state index in [9.17, 15) is 24.9 Å². The molecule has 0 aliphatic carbocycles. The molecule has 9 atom stereocenters. The summed E-state index contributed by atoms with van der Waals surface area (Å²) in [6.07, 6.45) is 21.0. The monoisotopic (exact) mass is 696 g/mol. The van der Waals surface area contributed by atoms with Crippen molar-refractivity contribution in [2.75, 3.05) is 13.2 Å². The highest BCUT2D eigenvalue weighted by molar-refractivity contribution is 5.82. The zero-order valence-corrected chi connectivity index (χ0v) is 30.6. The maximum Gasteiger partial charge on any atom is 0.335 e. The first kappa shape index (κ1) is 41.3. The van der Waals surface area contributed by atoms with Crippen LogP contribution in [-0.2, 0) is 28.5 Å². The summed E-state index contributed by atoms with van der Waals surface area (Å²) in [5.41, 5.74) is 0.954. The molecule has 3 heterocycles. The van der Waals surface area contributed by atoms with Crippen LogP contribution in [0, 0.1) is 17.3 Å². The van der Waals surface area contributed by atoms with Gasteiger partial charge in [0, 0.05) is 31.3 Å². The van der Waals surface area contributed by atoms with E-state index >= 15 is 0 Å². The maximum absolute atomic E-state index is 13.0. The number of aliphatic hydroxyl groups excluding tert-OH is 3. The van der Waals surface area contributed by atoms with Crippen LogP contribution in [0.4, 0.5) is 0 Å². The Morgan fingerprint density at radius 2 is 1.92 bits per heavy atom. The highest BCUT2D eigenvalue weighted by atomic mass is 16.6. The van der Waals surface area contributed by atoms with E-state index in [4.69, 9.17) is 18.9 Å². The highest BCUT2D eigenvalue weighted by Crippen LogP contribution is 2.41. The quantitative estimate of drug-likeness (QED) is 0.166. The molecule has 0 aromatic heterocycles. The van der Waals surface area contributed by atoms with Gasteiger partial charge in [0.1, 0.15) is 12.7 Å². The Morgan fingerprint density at radius 3 is 2.66 bits per heavy atom. The van der Waals surface area contributed by atoms with Crippen LogP contribution in [0.25, 0.3) is 0 Å². The van der Waals surface area contributed by atoms with Gasteiger partial charge in [0.2, 0.25) is 0 Å². The van der Waals surface area contributed by atoms with Gasteiger partial charge in [-0.25, -0.2) is 9.59 Å². The summed E-state index contributed by atoms with van der Waals surface area (Å²) in [7, 11) is 0. The van der Waals surface area contributed by atoms with Gasteiger partial charge in [-0.2, -0.15) is 0 Å². The lowest BCUT2D eigenvalue weighted by molar-refractivity contribution is -0.198. The molecule has 3 rings (SSSR count). The molecule has 0 unspecified atom stereocenters. The van der Waals surface area contributed by atoms with Crippen LogP contribution >= 0.6 is 0 Å². The number of aliphatic hydroxyl groups is 3. The van der Waals surface area contributed by atoms with Gasteiger partial charge in [-0.15, -0.1) is 0 Å². The van der Waals surface area contributed by atoms with Crippen molar-refractivity contribution < 1.29 is 43.9 Å². The van der Waals surface area contributed by atoms with Crippen LogP contribution in [-0.4, -0.2) is 83.2 Å². The van der Waals surface area contributed by atoms with E-state index in [1.165, 1.54) is 6.08 Å². The smallest absolute Gasteiger partial charge is 0.335 e. The molecular formula is C41H60O9. The first-order valence-electron chi connectivity index (χ1n) is 18.1. The summed E-state index contributed by atoms with van der Waals surface area (Å²) in [6.45, 7) is 13.9. The van der Waals surface area contributed by atoms with E-state index in [1.807, 2.05) is 57.2 Å². The van der Waals surface area contributed by atoms with Crippen molar-refractivity contribution in [3.05, 3.63) is 84.6 Å². The standard InChI is InChI=1S/C41H60O9/c1-28(2)21-22-30(4)26-47-40(46)34(43)18-13-14-19-37-41(6,27-42)38-25-33(49-37)17-10-7-9-15-29(3)23-36-31(5)35(44)24-32(48-36)16-11-8-12-20-39(45)50-38/h8-15,17,20,23,28,31-38,42-44H,4,7,16,18-19,21-22,24-27H2,1-3,5-6H3/b11-8+,14-13+,15-9+,17-10?,20-12+,29-23-/t31-,32+,33-,34-,35+,36-,37+,38-,41+/m1/s1. The topological polar surface area (TPSA) is 132 Å². The highest BCUT2D eigenvalue weighted by Gasteiger charge is 2.49. The van der Waals surface area contributed by atoms with Gasteiger partial charge in [0.15, 0.2) is 6.10 Å². The Morgan fingerprint density at radius 1 is 1.14 bits per heavy atom. The largest absolute Gasteiger partial charge is 0.459 e. The Balaban J connectivity index is 1.71. The molecule has 3 N–H and O–H groups in total. The molecule has 9 nitrogen and oxygen atoms in total. The second-order valence-corrected chi connectivity index (χ2v) is 14.6. The van der Waals surface area contributed by atoms with E-state index in [-0.39, 0.29) is 43.9 Å². The van der Waals surface area contributed by atoms with Gasteiger partial charge in [0.25, 0.3) is 0 Å². The van der Waals surface area contributed by atoms with Crippen molar-refractivity contribution in [1.29, 1.82) is 0 Å². The summed E-state index contributed by atoms with van der Waals surface area (Å²) in [6, 6.07) is 0. The zero-order chi connectivity index (χ0) is 36.7. The Kier molecular flexibility index (Phi) is 17.1. The minimum Gasteiger partial charge on any atom is -0.459 e. The third-order valence-corrected chi connectivity index (χ3v) is 9.79. The molecule has 278 valence electrons. The molecule has 9 heteroatoms. The van der Waals surface area contributed by atoms with Gasteiger partial charge in [0.05, 0.1) is 42.5 Å². The second-order valence-electron chi connectivity index (χ2n) is 14.6. The Labute approximate surface area is 299 Å². The summed E-state index contributed by atoms with van der Waals surface area (Å²) in [5.74, 6) is -0.720. The molecule has 4 bridgehead atoms. The van der Waals surface area contributed by atoms with E-state index in [0.29, 0.717) is 38.0 Å². The number of hydrogen-bond acceptors (Lipinski definition) is 9. The predicted molar refractivity (Wildman–Crippen MR) is 195 cm³/mol. The van der Waals surface area contributed by atoms with Crippen molar-refractivity contribution >= 4 is 11.9 Å². The molecule has 50 heavy (non-hydrogen) atoms. The van der Waals surface area contributed by atoms with Crippen LogP contribution in [0.15, 0.2) is 84.6 Å². The first-order chi connectivity index (χ1) is 23.8. The summed E-state index contributed by atoms with van der Waals surface area (Å²) in [4.78, 5) is 25.3. The summed E-state index contributed by atoms with van der Waals surface area (Å²) in [5, 5.41) is 31.6. The van der Waals surface area contributed by atoms with Gasteiger partial charge in [-0.3, -0.25) is 0 Å². The summed E-state index contributed by atoms with van der Waals surface area (Å²) >= 11 is 0.